The molecule has 3 heterocycles. The number of piperidine rings is 1. The number of aromatic nitrogens is 2. The molecule has 2 fully saturated rings. The molecule has 0 saturated carbocycles. The molecule has 0 unspecified atom stereocenters. The first kappa shape index (κ1) is 34.6. The summed E-state index contributed by atoms with van der Waals surface area (Å²) in [6, 6.07) is 0.651. The predicted molar refractivity (Wildman–Crippen MR) is 157 cm³/mol. The zero-order chi connectivity index (χ0) is 33.2. The average Bonchev–Trinajstić information content (AvgIpc) is 2.97. The van der Waals surface area contributed by atoms with Crippen molar-refractivity contribution in [2.45, 2.75) is 103 Å². The fourth-order valence-electron chi connectivity index (χ4n) is 5.96. The fourth-order valence-corrected chi connectivity index (χ4v) is 5.96. The third-order valence-electron chi connectivity index (χ3n) is 8.12. The van der Waals surface area contributed by atoms with Crippen LogP contribution in [0.5, 0.6) is 0 Å². The molecule has 14 heteroatoms. The molecule has 2 aliphatic heterocycles. The Hall–Kier alpha value is -3.29. The quantitative estimate of drug-likeness (QED) is 0.293. The molecule has 1 amide bonds. The lowest BCUT2D eigenvalue weighted by Crippen LogP contribution is -2.57. The molecule has 0 spiro atoms. The van der Waals surface area contributed by atoms with Gasteiger partial charge in [-0.05, 0) is 70.2 Å². The van der Waals surface area contributed by atoms with Crippen molar-refractivity contribution >= 4 is 17.7 Å². The summed E-state index contributed by atoms with van der Waals surface area (Å²) in [5.41, 5.74) is -2.92. The minimum absolute atomic E-state index is 0.126. The van der Waals surface area contributed by atoms with Crippen molar-refractivity contribution in [3.63, 3.8) is 0 Å². The van der Waals surface area contributed by atoms with Gasteiger partial charge in [-0.25, -0.2) is 14.8 Å². The molecule has 2 aliphatic rings. The van der Waals surface area contributed by atoms with Crippen molar-refractivity contribution < 1.29 is 40.6 Å². The molecule has 45 heavy (non-hydrogen) atoms. The van der Waals surface area contributed by atoms with Crippen molar-refractivity contribution in [2.24, 2.45) is 0 Å². The van der Waals surface area contributed by atoms with Gasteiger partial charge in [0.25, 0.3) is 0 Å². The summed E-state index contributed by atoms with van der Waals surface area (Å²) in [5.74, 6) is 0.179. The number of hydrogen-bond donors (Lipinski definition) is 0. The van der Waals surface area contributed by atoms with Crippen LogP contribution in [0.1, 0.15) is 77.0 Å². The smallest absolute Gasteiger partial charge is 0.416 e. The van der Waals surface area contributed by atoms with Crippen molar-refractivity contribution in [1.82, 2.24) is 14.9 Å². The summed E-state index contributed by atoms with van der Waals surface area (Å²) < 4.78 is 93.5. The summed E-state index contributed by atoms with van der Waals surface area (Å²) in [6.45, 7) is 11.3. The fraction of sp³-hybridized carbons (Fsp3) is 0.645. The van der Waals surface area contributed by atoms with Crippen LogP contribution in [0.25, 0.3) is 0 Å². The van der Waals surface area contributed by atoms with E-state index in [9.17, 15) is 31.1 Å². The molecular formula is C31H41F6N5O3. The summed E-state index contributed by atoms with van der Waals surface area (Å²) in [7, 11) is 0. The predicted octanol–water partition coefficient (Wildman–Crippen LogP) is 7.31. The first-order chi connectivity index (χ1) is 21.0. The monoisotopic (exact) mass is 645 g/mol. The van der Waals surface area contributed by atoms with Gasteiger partial charge in [0, 0.05) is 37.8 Å². The van der Waals surface area contributed by atoms with E-state index in [1.807, 2.05) is 18.7 Å². The first-order valence-corrected chi connectivity index (χ1v) is 15.2. The van der Waals surface area contributed by atoms with Crippen LogP contribution in [0.3, 0.4) is 0 Å². The number of carbonyl (C=O) groups is 1. The van der Waals surface area contributed by atoms with Crippen LogP contribution in [-0.4, -0.2) is 71.0 Å². The zero-order valence-electron chi connectivity index (χ0n) is 26.2. The van der Waals surface area contributed by atoms with Crippen molar-refractivity contribution in [3.05, 3.63) is 47.3 Å². The van der Waals surface area contributed by atoms with E-state index in [1.54, 1.807) is 43.0 Å². The molecule has 1 aromatic heterocycles. The van der Waals surface area contributed by atoms with Crippen molar-refractivity contribution in [1.29, 1.82) is 0 Å². The van der Waals surface area contributed by atoms with E-state index in [0.29, 0.717) is 52.0 Å². The van der Waals surface area contributed by atoms with E-state index in [2.05, 4.69) is 9.97 Å². The van der Waals surface area contributed by atoms with Gasteiger partial charge in [0.15, 0.2) is 0 Å². The molecule has 3 atom stereocenters. The number of morpholine rings is 1. The van der Waals surface area contributed by atoms with E-state index < -0.39 is 41.2 Å². The molecule has 2 saturated heterocycles. The Balaban J connectivity index is 1.74. The summed E-state index contributed by atoms with van der Waals surface area (Å²) in [4.78, 5) is 27.8. The molecule has 0 radical (unpaired) electrons. The van der Waals surface area contributed by atoms with Crippen molar-refractivity contribution in [2.75, 3.05) is 36.1 Å². The number of rotatable bonds is 7. The van der Waals surface area contributed by atoms with E-state index in [-0.39, 0.29) is 36.2 Å². The van der Waals surface area contributed by atoms with Crippen LogP contribution >= 0.6 is 0 Å². The van der Waals surface area contributed by atoms with Crippen LogP contribution in [0.15, 0.2) is 30.6 Å². The van der Waals surface area contributed by atoms with Gasteiger partial charge in [0.05, 0.1) is 42.4 Å². The zero-order valence-corrected chi connectivity index (χ0v) is 26.2. The Kier molecular flexibility index (Phi) is 10.4. The lowest BCUT2D eigenvalue weighted by molar-refractivity contribution is -0.143. The third kappa shape index (κ3) is 8.71. The number of carbonyl (C=O) groups excluding carboxylic acids is 1. The molecular weight excluding hydrogens is 604 g/mol. The maximum absolute atomic E-state index is 13.7. The number of nitrogens with zero attached hydrogens (tertiary/aromatic N) is 5. The second-order valence-electron chi connectivity index (χ2n) is 12.5. The number of ether oxygens (including phenoxy) is 2. The van der Waals surface area contributed by atoms with Gasteiger partial charge in [0.2, 0.25) is 5.95 Å². The van der Waals surface area contributed by atoms with Gasteiger partial charge < -0.3 is 24.2 Å². The largest absolute Gasteiger partial charge is 0.444 e. The van der Waals surface area contributed by atoms with E-state index in [1.165, 1.54) is 0 Å². The van der Waals surface area contributed by atoms with Gasteiger partial charge in [-0.3, -0.25) is 0 Å². The highest BCUT2D eigenvalue weighted by Crippen LogP contribution is 2.38. The van der Waals surface area contributed by atoms with E-state index >= 15 is 0 Å². The highest BCUT2D eigenvalue weighted by atomic mass is 19.4. The molecule has 0 bridgehead atoms. The molecule has 0 N–H and O–H groups in total. The number of alkyl halides is 6. The Morgan fingerprint density at radius 1 is 0.911 bits per heavy atom. The summed E-state index contributed by atoms with van der Waals surface area (Å²) in [5, 5.41) is 0. The van der Waals surface area contributed by atoms with Gasteiger partial charge in [-0.2, -0.15) is 26.3 Å². The lowest BCUT2D eigenvalue weighted by Gasteiger charge is -2.48. The maximum atomic E-state index is 13.7. The van der Waals surface area contributed by atoms with Gasteiger partial charge in [0.1, 0.15) is 5.60 Å². The Morgan fingerprint density at radius 3 is 1.87 bits per heavy atom. The Morgan fingerprint density at radius 2 is 1.42 bits per heavy atom. The number of amides is 1. The topological polar surface area (TPSA) is 71.0 Å². The number of benzene rings is 1. The molecule has 0 aliphatic carbocycles. The summed E-state index contributed by atoms with van der Waals surface area (Å²) in [6.07, 6.45) is -5.26. The minimum Gasteiger partial charge on any atom is -0.444 e. The van der Waals surface area contributed by atoms with Crippen molar-refractivity contribution in [3.8, 4) is 0 Å². The highest BCUT2D eigenvalue weighted by molar-refractivity contribution is 5.69. The first-order valence-electron chi connectivity index (χ1n) is 15.2. The van der Waals surface area contributed by atoms with Crippen LogP contribution in [0.2, 0.25) is 0 Å². The van der Waals surface area contributed by atoms with E-state index in [4.69, 9.17) is 9.47 Å². The molecule has 4 rings (SSSR count). The molecule has 8 nitrogen and oxygen atoms in total. The number of halogens is 6. The number of likely N-dealkylation sites (tertiary alicyclic amines) is 1. The molecule has 2 aromatic rings. The molecule has 250 valence electrons. The standard InChI is InChI=1S/C31H41F6N5O3/c1-6-23-15-25(16-24(7-2)42(23)28(43)45-29(3,4)5)41(27-38-17-26(18-39-27)40-8-10-44-11-9-40)19-20-12-21(30(32,33)34)14-22(13-20)31(35,36)37/h12-14,17-18,23-25H,6-11,15-16,19H2,1-5H3/t23-,24+,25+. The van der Waals surface area contributed by atoms with Crippen LogP contribution in [-0.2, 0) is 28.4 Å². The second-order valence-corrected chi connectivity index (χ2v) is 12.5. The maximum Gasteiger partial charge on any atom is 0.416 e. The highest BCUT2D eigenvalue weighted by Gasteiger charge is 2.42. The van der Waals surface area contributed by atoms with Gasteiger partial charge in [-0.15, -0.1) is 0 Å². The Labute approximate surface area is 259 Å². The summed E-state index contributed by atoms with van der Waals surface area (Å²) >= 11 is 0. The average molecular weight is 646 g/mol. The van der Waals surface area contributed by atoms with Crippen LogP contribution < -0.4 is 9.80 Å². The lowest BCUT2D eigenvalue weighted by atomic mass is 9.87. The normalized spacial score (nSPS) is 21.5. The minimum atomic E-state index is -4.98. The Bertz CT molecular complexity index is 1250. The number of hydrogen-bond acceptors (Lipinski definition) is 7. The van der Waals surface area contributed by atoms with Crippen LogP contribution in [0, 0.1) is 0 Å². The number of anilines is 2. The molecule has 1 aromatic carbocycles. The van der Waals surface area contributed by atoms with Gasteiger partial charge >= 0.3 is 18.4 Å². The van der Waals surface area contributed by atoms with Crippen LogP contribution in [0.4, 0.5) is 42.8 Å². The SMILES string of the molecule is CC[C@@H]1C[C@H](N(Cc2cc(C(F)(F)F)cc(C(F)(F)F)c2)c2ncc(N3CCOCC3)cn2)C[C@H](CC)N1C(=O)OC(C)(C)C. The third-order valence-corrected chi connectivity index (χ3v) is 8.12. The van der Waals surface area contributed by atoms with Gasteiger partial charge in [-0.1, -0.05) is 13.8 Å². The second kappa shape index (κ2) is 13.6. The van der Waals surface area contributed by atoms with E-state index in [0.717, 1.165) is 17.8 Å².